The van der Waals surface area contributed by atoms with Crippen LogP contribution in [0.1, 0.15) is 0 Å². The van der Waals surface area contributed by atoms with Gasteiger partial charge in [0.15, 0.2) is 0 Å². The quantitative estimate of drug-likeness (QED) is 0.263. The smallest absolute Gasteiger partial charge is 0.384 e. The molecule has 18 heteroatoms. The molecule has 0 amide bonds. The van der Waals surface area contributed by atoms with Crippen molar-refractivity contribution in [3.8, 4) is 0 Å². The first kappa shape index (κ1) is 28.1. The Morgan fingerprint density at radius 3 is 1.85 bits per heavy atom. The molecule has 0 N–H and O–H groups in total. The van der Waals surface area contributed by atoms with Crippen molar-refractivity contribution in [2.45, 2.75) is 39.9 Å². The predicted molar refractivity (Wildman–Crippen MR) is 90.8 cm³/mol. The average molecular weight is 551 g/mol. The van der Waals surface area contributed by atoms with Crippen molar-refractivity contribution in [1.82, 2.24) is 0 Å². The van der Waals surface area contributed by atoms with Crippen LogP contribution in [0.15, 0.2) is 46.2 Å². The van der Waals surface area contributed by atoms with E-state index in [0.717, 1.165) is 24.3 Å². The molecule has 0 radical (unpaired) electrons. The van der Waals surface area contributed by atoms with Crippen LogP contribution in [-0.4, -0.2) is 58.1 Å². The Kier molecular flexibility index (Phi) is 7.01. The van der Waals surface area contributed by atoms with E-state index >= 15 is 0 Å². The molecule has 0 unspecified atom stereocenters. The summed E-state index contributed by atoms with van der Waals surface area (Å²) in [6.07, 6.45) is -5.52. The van der Waals surface area contributed by atoms with Gasteiger partial charge in [0.25, 0.3) is 10.1 Å². The number of hydrogen-bond acceptors (Lipinski definition) is 6. The Morgan fingerprint density at radius 1 is 0.824 bits per heavy atom. The number of hydrogen-bond donors (Lipinski definition) is 0. The highest BCUT2D eigenvalue weighted by atomic mass is 32.2. The molecule has 0 aliphatic rings. The van der Waals surface area contributed by atoms with Gasteiger partial charge in [-0.25, -0.2) is 17.2 Å². The van der Waals surface area contributed by atoms with Gasteiger partial charge in [0.2, 0.25) is 0 Å². The van der Waals surface area contributed by atoms with Crippen molar-refractivity contribution in [3.63, 3.8) is 0 Å². The molecule has 0 saturated carbocycles. The largest absolute Gasteiger partial charge is 0.744 e. The van der Waals surface area contributed by atoms with Crippen LogP contribution in [0, 0.1) is 0 Å². The Balaban J connectivity index is 2.56. The van der Waals surface area contributed by atoms with Crippen LogP contribution in [0.5, 0.6) is 0 Å². The lowest BCUT2D eigenvalue weighted by Gasteiger charge is -2.36. The molecule has 0 aromatic heterocycles. The lowest BCUT2D eigenvalue weighted by Crippen LogP contribution is -2.65. The third-order valence-electron chi connectivity index (χ3n) is 4.30. The van der Waals surface area contributed by atoms with E-state index in [4.69, 9.17) is 0 Å². The van der Waals surface area contributed by atoms with Crippen molar-refractivity contribution >= 4 is 31.0 Å². The van der Waals surface area contributed by atoms with E-state index in [-0.39, 0.29) is 5.39 Å². The summed E-state index contributed by atoms with van der Waals surface area (Å²) in [5.41, 5.74) is 0. The van der Waals surface area contributed by atoms with Gasteiger partial charge < -0.3 is 4.55 Å². The van der Waals surface area contributed by atoms with Crippen molar-refractivity contribution in [2.75, 3.05) is 6.61 Å². The van der Waals surface area contributed by atoms with E-state index < -0.39 is 72.1 Å². The van der Waals surface area contributed by atoms with Crippen LogP contribution >= 0.6 is 0 Å². The number of fused-ring (bicyclic) bond motifs is 1. The van der Waals surface area contributed by atoms with Gasteiger partial charge in [-0.05, 0) is 11.5 Å². The zero-order valence-corrected chi connectivity index (χ0v) is 17.4. The van der Waals surface area contributed by atoms with Gasteiger partial charge >= 0.3 is 30.1 Å². The summed E-state index contributed by atoms with van der Waals surface area (Å²) >= 11 is 0. The molecule has 0 aliphatic heterocycles. The molecule has 0 spiro atoms. The molecule has 2 rings (SSSR count). The molecule has 0 atom stereocenters. The SMILES string of the molecule is O=S(=O)([O-])c1ccc2ccccc2c1S(=O)(=O)OCC(F)(F)C(F)(F)C(F)(F)C(F)(F)C(F)F. The maximum atomic E-state index is 13.8. The first-order valence-corrected chi connectivity index (χ1v) is 11.1. The van der Waals surface area contributed by atoms with Crippen molar-refractivity contribution in [1.29, 1.82) is 0 Å². The summed E-state index contributed by atoms with van der Waals surface area (Å²) in [6, 6.07) is 5.60. The molecule has 192 valence electrons. The van der Waals surface area contributed by atoms with E-state index in [0.29, 0.717) is 6.07 Å². The van der Waals surface area contributed by atoms with Gasteiger partial charge in [-0.2, -0.15) is 43.5 Å². The van der Waals surface area contributed by atoms with E-state index in [1.807, 2.05) is 0 Å². The lowest BCUT2D eigenvalue weighted by atomic mass is 9.99. The molecular weight excluding hydrogens is 542 g/mol. The van der Waals surface area contributed by atoms with Crippen LogP contribution in [0.25, 0.3) is 10.8 Å². The lowest BCUT2D eigenvalue weighted by molar-refractivity contribution is -0.385. The number of benzene rings is 2. The topological polar surface area (TPSA) is 101 Å². The van der Waals surface area contributed by atoms with Gasteiger partial charge in [0.1, 0.15) is 21.6 Å². The Bertz CT molecular complexity index is 1290. The molecule has 0 fully saturated rings. The van der Waals surface area contributed by atoms with Crippen LogP contribution in [0.4, 0.5) is 43.9 Å². The first-order chi connectivity index (χ1) is 15.1. The van der Waals surface area contributed by atoms with E-state index in [9.17, 15) is 65.3 Å². The van der Waals surface area contributed by atoms with E-state index in [1.54, 1.807) is 0 Å². The fraction of sp³-hybridized carbons (Fsp3) is 0.375. The highest BCUT2D eigenvalue weighted by Gasteiger charge is 2.83. The second-order valence-corrected chi connectivity index (χ2v) is 9.46. The monoisotopic (exact) mass is 551 g/mol. The fourth-order valence-corrected chi connectivity index (χ4v) is 4.93. The summed E-state index contributed by atoms with van der Waals surface area (Å²) in [4.78, 5) is -3.24. The van der Waals surface area contributed by atoms with Gasteiger partial charge in [0.05, 0.1) is 4.90 Å². The van der Waals surface area contributed by atoms with Crippen LogP contribution < -0.4 is 0 Å². The molecule has 0 bridgehead atoms. The summed E-state index contributed by atoms with van der Waals surface area (Å²) in [5.74, 6) is -28.2. The summed E-state index contributed by atoms with van der Waals surface area (Å²) < 4.78 is 194. The van der Waals surface area contributed by atoms with Gasteiger partial charge in [0, 0.05) is 5.39 Å². The Hall–Kier alpha value is -2.18. The minimum absolute atomic E-state index is 0.141. The van der Waals surface area contributed by atoms with Crippen molar-refractivity contribution in [2.24, 2.45) is 0 Å². The summed E-state index contributed by atoms with van der Waals surface area (Å²) in [5, 5.41) is -0.804. The molecule has 2 aromatic carbocycles. The summed E-state index contributed by atoms with van der Waals surface area (Å²) in [6.45, 7) is -3.32. The average Bonchev–Trinajstić information content (AvgIpc) is 2.70. The highest BCUT2D eigenvalue weighted by molar-refractivity contribution is 7.89. The second kappa shape index (κ2) is 8.49. The van der Waals surface area contributed by atoms with E-state index in [1.165, 1.54) is 6.07 Å². The molecule has 2 aromatic rings. The zero-order chi connectivity index (χ0) is 26.5. The van der Waals surface area contributed by atoms with Crippen molar-refractivity contribution < 1.29 is 69.5 Å². The predicted octanol–water partition coefficient (Wildman–Crippen LogP) is 4.26. The van der Waals surface area contributed by atoms with Gasteiger partial charge in [-0.15, -0.1) is 0 Å². The van der Waals surface area contributed by atoms with Crippen LogP contribution in [0.2, 0.25) is 0 Å². The zero-order valence-electron chi connectivity index (χ0n) is 15.8. The molecular formula is C16H9F10O6S2-. The fourth-order valence-electron chi connectivity index (χ4n) is 2.55. The highest BCUT2D eigenvalue weighted by Crippen LogP contribution is 2.54. The van der Waals surface area contributed by atoms with Gasteiger partial charge in [-0.1, -0.05) is 30.3 Å². The van der Waals surface area contributed by atoms with E-state index in [2.05, 4.69) is 4.18 Å². The second-order valence-electron chi connectivity index (χ2n) is 6.56. The normalized spacial score (nSPS) is 14.7. The first-order valence-electron chi connectivity index (χ1n) is 8.28. The molecule has 0 saturated heterocycles. The number of rotatable bonds is 9. The Morgan fingerprint density at radius 2 is 1.35 bits per heavy atom. The molecule has 6 nitrogen and oxygen atoms in total. The number of halogens is 10. The van der Waals surface area contributed by atoms with Crippen LogP contribution in [-0.2, 0) is 24.4 Å². The van der Waals surface area contributed by atoms with Gasteiger partial charge in [-0.3, -0.25) is 4.18 Å². The maximum Gasteiger partial charge on any atom is 0.384 e. The van der Waals surface area contributed by atoms with Crippen LogP contribution in [0.3, 0.4) is 0 Å². The van der Waals surface area contributed by atoms with Crippen molar-refractivity contribution in [3.05, 3.63) is 36.4 Å². The summed E-state index contributed by atoms with van der Waals surface area (Å²) in [7, 11) is -11.7. The maximum absolute atomic E-state index is 13.8. The Labute approximate surface area is 184 Å². The standard InChI is InChI=1S/C16H10F10O6S2/c17-12(18)14(21,22)16(25,26)15(23,24)13(19,20)7-32-34(30,31)11-9-4-2-1-3-8(9)5-6-10(11)33(27,28)29/h1-6,12H,7H2,(H,27,28,29)/p-1. The molecule has 0 heterocycles. The molecule has 0 aliphatic carbocycles. The minimum atomic E-state index is -7.40. The molecule has 34 heavy (non-hydrogen) atoms. The minimum Gasteiger partial charge on any atom is -0.744 e. The third kappa shape index (κ3) is 4.55. The third-order valence-corrected chi connectivity index (χ3v) is 6.68. The number of alkyl halides is 10.